The van der Waals surface area contributed by atoms with Crippen LogP contribution in [0.15, 0.2) is 22.7 Å². The summed E-state index contributed by atoms with van der Waals surface area (Å²) in [6, 6.07) is 5.61. The molecule has 18 heavy (non-hydrogen) atoms. The number of rotatable bonds is 6. The molecule has 98 valence electrons. The first-order valence-corrected chi connectivity index (χ1v) is 7.08. The zero-order valence-electron chi connectivity index (χ0n) is 10.5. The van der Waals surface area contributed by atoms with Gasteiger partial charge in [0.2, 0.25) is 0 Å². The van der Waals surface area contributed by atoms with Crippen LogP contribution < -0.4 is 5.32 Å². The van der Waals surface area contributed by atoms with Crippen LogP contribution in [0.5, 0.6) is 0 Å². The Morgan fingerprint density at radius 1 is 1.50 bits per heavy atom. The molecule has 1 fully saturated rings. The predicted molar refractivity (Wildman–Crippen MR) is 74.8 cm³/mol. The minimum atomic E-state index is -0.0503. The normalized spacial score (nSPS) is 14.6. The molecule has 1 aromatic rings. The van der Waals surface area contributed by atoms with E-state index in [1.54, 1.807) is 0 Å². The van der Waals surface area contributed by atoms with Crippen molar-refractivity contribution in [3.63, 3.8) is 0 Å². The molecule has 1 aliphatic rings. The molecule has 0 saturated heterocycles. The third kappa shape index (κ3) is 4.10. The summed E-state index contributed by atoms with van der Waals surface area (Å²) in [5.74, 6) is 0.722. The summed E-state index contributed by atoms with van der Waals surface area (Å²) in [5.41, 5.74) is 1.80. The maximum absolute atomic E-state index is 11.8. The Hall–Kier alpha value is -0.870. The number of nitrogens with one attached hydrogen (secondary N) is 1. The van der Waals surface area contributed by atoms with Gasteiger partial charge in [0.05, 0.1) is 6.61 Å². The van der Waals surface area contributed by atoms with E-state index in [2.05, 4.69) is 21.2 Å². The van der Waals surface area contributed by atoms with E-state index in [1.165, 1.54) is 12.8 Å². The van der Waals surface area contributed by atoms with Crippen molar-refractivity contribution in [1.82, 2.24) is 5.32 Å². The molecule has 0 aromatic heterocycles. The zero-order valence-corrected chi connectivity index (χ0v) is 12.1. The Morgan fingerprint density at radius 2 is 2.28 bits per heavy atom. The molecule has 0 spiro atoms. The van der Waals surface area contributed by atoms with Crippen LogP contribution in [0.2, 0.25) is 0 Å². The molecule has 4 heteroatoms. The van der Waals surface area contributed by atoms with E-state index in [0.29, 0.717) is 18.7 Å². The highest BCUT2D eigenvalue weighted by Crippen LogP contribution is 2.28. The summed E-state index contributed by atoms with van der Waals surface area (Å²) < 4.78 is 6.42. The minimum absolute atomic E-state index is 0.0503. The van der Waals surface area contributed by atoms with Crippen LogP contribution in [0, 0.1) is 12.8 Å². The quantitative estimate of drug-likeness (QED) is 0.820. The molecule has 1 N–H and O–H groups in total. The molecule has 3 nitrogen and oxygen atoms in total. The van der Waals surface area contributed by atoms with Crippen LogP contribution in [0.25, 0.3) is 0 Å². The molecule has 0 heterocycles. The second-order valence-corrected chi connectivity index (χ2v) is 5.59. The Kier molecular flexibility index (Phi) is 4.78. The molecule has 2 rings (SSSR count). The lowest BCUT2D eigenvalue weighted by Crippen LogP contribution is -2.27. The standard InChI is InChI=1S/C14H18BrNO2/c1-10-2-5-12(8-13(10)15)14(17)16-6-7-18-9-11-3-4-11/h2,5,8,11H,3-4,6-7,9H2,1H3,(H,16,17). The largest absolute Gasteiger partial charge is 0.379 e. The monoisotopic (exact) mass is 311 g/mol. The molecular formula is C14H18BrNO2. The molecule has 1 aliphatic carbocycles. The number of ether oxygens (including phenoxy) is 1. The van der Waals surface area contributed by atoms with E-state index >= 15 is 0 Å². The first-order chi connectivity index (χ1) is 8.66. The fourth-order valence-corrected chi connectivity index (χ4v) is 1.99. The highest BCUT2D eigenvalue weighted by molar-refractivity contribution is 9.10. The second-order valence-electron chi connectivity index (χ2n) is 4.74. The van der Waals surface area contributed by atoms with E-state index in [-0.39, 0.29) is 5.91 Å². The van der Waals surface area contributed by atoms with E-state index in [4.69, 9.17) is 4.74 Å². The van der Waals surface area contributed by atoms with Gasteiger partial charge in [0.1, 0.15) is 0 Å². The maximum atomic E-state index is 11.8. The van der Waals surface area contributed by atoms with Gasteiger partial charge in [-0.1, -0.05) is 22.0 Å². The first kappa shape index (κ1) is 13.6. The van der Waals surface area contributed by atoms with E-state index in [1.807, 2.05) is 25.1 Å². The van der Waals surface area contributed by atoms with Crippen LogP contribution in [0.4, 0.5) is 0 Å². The topological polar surface area (TPSA) is 38.3 Å². The van der Waals surface area contributed by atoms with Gasteiger partial charge >= 0.3 is 0 Å². The molecule has 1 aromatic carbocycles. The number of amides is 1. The van der Waals surface area contributed by atoms with Gasteiger partial charge in [-0.05, 0) is 43.4 Å². The fraction of sp³-hybridized carbons (Fsp3) is 0.500. The lowest BCUT2D eigenvalue weighted by molar-refractivity contribution is 0.0906. The first-order valence-electron chi connectivity index (χ1n) is 6.29. The van der Waals surface area contributed by atoms with Crippen LogP contribution in [-0.2, 0) is 4.74 Å². The van der Waals surface area contributed by atoms with Gasteiger partial charge in [-0.3, -0.25) is 4.79 Å². The summed E-state index contributed by atoms with van der Waals surface area (Å²) in [6.45, 7) is 4.00. The van der Waals surface area contributed by atoms with Crippen LogP contribution in [0.1, 0.15) is 28.8 Å². The van der Waals surface area contributed by atoms with Crippen molar-refractivity contribution in [1.29, 1.82) is 0 Å². The molecule has 0 aliphatic heterocycles. The number of halogens is 1. The van der Waals surface area contributed by atoms with E-state index < -0.39 is 0 Å². The number of aryl methyl sites for hydroxylation is 1. The van der Waals surface area contributed by atoms with Crippen LogP contribution in [-0.4, -0.2) is 25.7 Å². The third-order valence-corrected chi connectivity index (χ3v) is 3.87. The lowest BCUT2D eigenvalue weighted by atomic mass is 10.1. The second kappa shape index (κ2) is 6.34. The Bertz CT molecular complexity index is 430. The van der Waals surface area contributed by atoms with Crippen molar-refractivity contribution in [2.45, 2.75) is 19.8 Å². The van der Waals surface area contributed by atoms with Crippen molar-refractivity contribution < 1.29 is 9.53 Å². The van der Waals surface area contributed by atoms with Crippen molar-refractivity contribution in [2.24, 2.45) is 5.92 Å². The van der Waals surface area contributed by atoms with Crippen LogP contribution in [0.3, 0.4) is 0 Å². The van der Waals surface area contributed by atoms with E-state index in [0.717, 1.165) is 22.6 Å². The van der Waals surface area contributed by atoms with Crippen molar-refractivity contribution in [3.05, 3.63) is 33.8 Å². The minimum Gasteiger partial charge on any atom is -0.379 e. The summed E-state index contributed by atoms with van der Waals surface area (Å²) >= 11 is 3.43. The van der Waals surface area contributed by atoms with Crippen LogP contribution >= 0.6 is 15.9 Å². The molecule has 1 saturated carbocycles. The molecule has 0 unspecified atom stereocenters. The van der Waals surface area contributed by atoms with E-state index in [9.17, 15) is 4.79 Å². The number of benzene rings is 1. The molecule has 0 bridgehead atoms. The van der Waals surface area contributed by atoms with Crippen molar-refractivity contribution in [3.8, 4) is 0 Å². The molecule has 0 atom stereocenters. The molecule has 0 radical (unpaired) electrons. The van der Waals surface area contributed by atoms with Gasteiger partial charge in [0, 0.05) is 23.2 Å². The third-order valence-electron chi connectivity index (χ3n) is 3.02. The Morgan fingerprint density at radius 3 is 2.94 bits per heavy atom. The average molecular weight is 312 g/mol. The van der Waals surface area contributed by atoms with Gasteiger partial charge in [-0.2, -0.15) is 0 Å². The smallest absolute Gasteiger partial charge is 0.251 e. The van der Waals surface area contributed by atoms with Gasteiger partial charge in [-0.25, -0.2) is 0 Å². The SMILES string of the molecule is Cc1ccc(C(=O)NCCOCC2CC2)cc1Br. The summed E-state index contributed by atoms with van der Waals surface area (Å²) in [7, 11) is 0. The summed E-state index contributed by atoms with van der Waals surface area (Å²) in [6.07, 6.45) is 2.59. The highest BCUT2D eigenvalue weighted by Gasteiger charge is 2.20. The Labute approximate surface area is 116 Å². The summed E-state index contributed by atoms with van der Waals surface area (Å²) in [4.78, 5) is 11.8. The van der Waals surface area contributed by atoms with Crippen molar-refractivity contribution in [2.75, 3.05) is 19.8 Å². The number of hydrogen-bond donors (Lipinski definition) is 1. The predicted octanol–water partition coefficient (Wildman–Crippen LogP) is 2.91. The number of carbonyl (C=O) groups is 1. The molecule has 1 amide bonds. The van der Waals surface area contributed by atoms with Gasteiger partial charge < -0.3 is 10.1 Å². The number of hydrogen-bond acceptors (Lipinski definition) is 2. The zero-order chi connectivity index (χ0) is 13.0. The van der Waals surface area contributed by atoms with Crippen molar-refractivity contribution >= 4 is 21.8 Å². The van der Waals surface area contributed by atoms with Gasteiger partial charge in [0.15, 0.2) is 0 Å². The lowest BCUT2D eigenvalue weighted by Gasteiger charge is -2.07. The highest BCUT2D eigenvalue weighted by atomic mass is 79.9. The van der Waals surface area contributed by atoms with Gasteiger partial charge in [0.25, 0.3) is 5.91 Å². The number of carbonyl (C=O) groups excluding carboxylic acids is 1. The Balaban J connectivity index is 1.70. The molecular weight excluding hydrogens is 294 g/mol. The van der Waals surface area contributed by atoms with Gasteiger partial charge in [-0.15, -0.1) is 0 Å². The fourth-order valence-electron chi connectivity index (χ4n) is 1.61. The maximum Gasteiger partial charge on any atom is 0.251 e. The average Bonchev–Trinajstić information content (AvgIpc) is 3.16. The summed E-state index contributed by atoms with van der Waals surface area (Å²) in [5, 5.41) is 2.86.